The maximum atomic E-state index is 11.4. The Morgan fingerprint density at radius 3 is 2.09 bits per heavy atom. The van der Waals surface area contributed by atoms with Crippen LogP contribution < -0.4 is 20.1 Å². The van der Waals surface area contributed by atoms with Crippen LogP contribution in [0.15, 0.2) is 60.7 Å². The predicted molar refractivity (Wildman–Crippen MR) is 127 cm³/mol. The summed E-state index contributed by atoms with van der Waals surface area (Å²) >= 11 is 0. The van der Waals surface area contributed by atoms with Gasteiger partial charge in [-0.2, -0.15) is 0 Å². The van der Waals surface area contributed by atoms with Crippen LogP contribution in [0.25, 0.3) is 11.1 Å². The molecule has 1 aliphatic heterocycles. The average Bonchev–Trinajstić information content (AvgIpc) is 2.84. The molecule has 166 valence electrons. The molecule has 0 saturated heterocycles. The summed E-state index contributed by atoms with van der Waals surface area (Å²) in [5, 5.41) is 5.32. The molecule has 3 aromatic carbocycles. The van der Waals surface area contributed by atoms with Gasteiger partial charge < -0.3 is 20.1 Å². The molecule has 0 unspecified atom stereocenters. The molecule has 32 heavy (non-hydrogen) atoms. The Morgan fingerprint density at radius 1 is 0.906 bits per heavy atom. The molecule has 0 atom stereocenters. The van der Waals surface area contributed by atoms with Gasteiger partial charge >= 0.3 is 6.03 Å². The molecule has 6 nitrogen and oxygen atoms in total. The summed E-state index contributed by atoms with van der Waals surface area (Å²) in [6, 6.07) is 20.5. The summed E-state index contributed by atoms with van der Waals surface area (Å²) < 4.78 is 10.9. The zero-order chi connectivity index (χ0) is 22.5. The molecular formula is C26H29N3O3. The number of methoxy groups -OCH3 is 2. The van der Waals surface area contributed by atoms with Crippen molar-refractivity contribution in [1.29, 1.82) is 0 Å². The first-order valence-electron chi connectivity index (χ1n) is 10.7. The van der Waals surface area contributed by atoms with E-state index in [0.717, 1.165) is 54.4 Å². The van der Waals surface area contributed by atoms with E-state index in [2.05, 4.69) is 51.9 Å². The van der Waals surface area contributed by atoms with Crippen LogP contribution >= 0.6 is 0 Å². The second kappa shape index (κ2) is 9.75. The van der Waals surface area contributed by atoms with Crippen molar-refractivity contribution in [2.24, 2.45) is 0 Å². The number of fused-ring (bicyclic) bond motifs is 1. The lowest BCUT2D eigenvalue weighted by Gasteiger charge is -2.29. The molecule has 6 heteroatoms. The molecular weight excluding hydrogens is 402 g/mol. The van der Waals surface area contributed by atoms with E-state index < -0.39 is 0 Å². The van der Waals surface area contributed by atoms with Gasteiger partial charge in [-0.3, -0.25) is 4.90 Å². The standard InChI is InChI=1S/C26H29N3O3/c1-27-26(30)28-23-10-8-20(9-11-23)19-6-4-18(5-7-19)16-29-13-12-21-14-24(31-2)25(32-3)15-22(21)17-29/h4-11,14-15H,12-13,16-17H2,1-3H3,(H2,27,28,30). The molecule has 1 heterocycles. The van der Waals surface area contributed by atoms with Gasteiger partial charge in [0.05, 0.1) is 14.2 Å². The van der Waals surface area contributed by atoms with E-state index in [9.17, 15) is 4.79 Å². The fourth-order valence-corrected chi connectivity index (χ4v) is 4.08. The second-order valence-corrected chi connectivity index (χ2v) is 7.91. The number of benzene rings is 3. The van der Waals surface area contributed by atoms with Gasteiger partial charge in [0.1, 0.15) is 0 Å². The molecule has 4 rings (SSSR count). The highest BCUT2D eigenvalue weighted by atomic mass is 16.5. The molecule has 0 saturated carbocycles. The van der Waals surface area contributed by atoms with Crippen LogP contribution in [-0.4, -0.2) is 38.7 Å². The molecule has 0 spiro atoms. The molecule has 1 aliphatic rings. The molecule has 0 radical (unpaired) electrons. The number of amides is 2. The highest BCUT2D eigenvalue weighted by Gasteiger charge is 2.19. The molecule has 0 bridgehead atoms. The Labute approximate surface area is 189 Å². The number of urea groups is 1. The summed E-state index contributed by atoms with van der Waals surface area (Å²) in [6.07, 6.45) is 1.00. The van der Waals surface area contributed by atoms with Gasteiger partial charge in [0.25, 0.3) is 0 Å². The molecule has 2 amide bonds. The highest BCUT2D eigenvalue weighted by Crippen LogP contribution is 2.33. The third kappa shape index (κ3) is 4.86. The summed E-state index contributed by atoms with van der Waals surface area (Å²) in [5.74, 6) is 1.58. The molecule has 0 aliphatic carbocycles. The van der Waals surface area contributed by atoms with Crippen molar-refractivity contribution >= 4 is 11.7 Å². The van der Waals surface area contributed by atoms with Crippen LogP contribution in [0, 0.1) is 0 Å². The predicted octanol–water partition coefficient (Wildman–Crippen LogP) is 4.68. The van der Waals surface area contributed by atoms with Crippen molar-refractivity contribution < 1.29 is 14.3 Å². The number of carbonyl (C=O) groups is 1. The first-order valence-corrected chi connectivity index (χ1v) is 10.7. The number of ether oxygens (including phenoxy) is 2. The molecule has 0 aromatic heterocycles. The van der Waals surface area contributed by atoms with E-state index in [-0.39, 0.29) is 6.03 Å². The van der Waals surface area contributed by atoms with Crippen LogP contribution in [0.5, 0.6) is 11.5 Å². The normalized spacial score (nSPS) is 13.2. The Balaban J connectivity index is 1.41. The Bertz CT molecular complexity index is 1080. The van der Waals surface area contributed by atoms with Crippen molar-refractivity contribution in [1.82, 2.24) is 10.2 Å². The number of hydrogen-bond donors (Lipinski definition) is 2. The molecule has 2 N–H and O–H groups in total. The zero-order valence-electron chi connectivity index (χ0n) is 18.8. The molecule has 3 aromatic rings. The number of carbonyl (C=O) groups excluding carboxylic acids is 1. The lowest BCUT2D eigenvalue weighted by atomic mass is 9.98. The first-order chi connectivity index (χ1) is 15.6. The van der Waals surface area contributed by atoms with E-state index in [4.69, 9.17) is 9.47 Å². The SMILES string of the molecule is CNC(=O)Nc1ccc(-c2ccc(CN3CCc4cc(OC)c(OC)cc4C3)cc2)cc1. The van der Waals surface area contributed by atoms with Gasteiger partial charge in [-0.25, -0.2) is 4.79 Å². The van der Waals surface area contributed by atoms with Crippen molar-refractivity contribution in [3.63, 3.8) is 0 Å². The monoisotopic (exact) mass is 431 g/mol. The quantitative estimate of drug-likeness (QED) is 0.595. The fraction of sp³-hybridized carbons (Fsp3) is 0.269. The van der Waals surface area contributed by atoms with E-state index in [1.165, 1.54) is 16.7 Å². The summed E-state index contributed by atoms with van der Waals surface area (Å²) in [6.45, 7) is 2.82. The maximum absolute atomic E-state index is 11.4. The van der Waals surface area contributed by atoms with Gasteiger partial charge in [-0.05, 0) is 58.5 Å². The highest BCUT2D eigenvalue weighted by molar-refractivity contribution is 5.89. The van der Waals surface area contributed by atoms with Gasteiger partial charge in [0, 0.05) is 32.4 Å². The average molecular weight is 432 g/mol. The lowest BCUT2D eigenvalue weighted by Crippen LogP contribution is -2.30. The van der Waals surface area contributed by atoms with Crippen molar-refractivity contribution in [3.8, 4) is 22.6 Å². The van der Waals surface area contributed by atoms with E-state index >= 15 is 0 Å². The fourth-order valence-electron chi connectivity index (χ4n) is 4.08. The minimum atomic E-state index is -0.222. The molecule has 0 fully saturated rings. The summed E-state index contributed by atoms with van der Waals surface area (Å²) in [5.41, 5.74) is 6.97. The number of anilines is 1. The van der Waals surface area contributed by atoms with Crippen molar-refractivity contribution in [2.45, 2.75) is 19.5 Å². The van der Waals surface area contributed by atoms with Crippen LogP contribution in [0.4, 0.5) is 10.5 Å². The topological polar surface area (TPSA) is 62.8 Å². The van der Waals surface area contributed by atoms with Gasteiger partial charge in [0.15, 0.2) is 11.5 Å². The smallest absolute Gasteiger partial charge is 0.318 e. The van der Waals surface area contributed by atoms with Crippen LogP contribution in [0.3, 0.4) is 0 Å². The zero-order valence-corrected chi connectivity index (χ0v) is 18.8. The number of nitrogens with one attached hydrogen (secondary N) is 2. The maximum Gasteiger partial charge on any atom is 0.318 e. The van der Waals surface area contributed by atoms with E-state index in [1.54, 1.807) is 21.3 Å². The van der Waals surface area contributed by atoms with Crippen LogP contribution in [0.2, 0.25) is 0 Å². The minimum Gasteiger partial charge on any atom is -0.493 e. The summed E-state index contributed by atoms with van der Waals surface area (Å²) in [7, 11) is 4.96. The third-order valence-corrected chi connectivity index (χ3v) is 5.86. The minimum absolute atomic E-state index is 0.222. The lowest BCUT2D eigenvalue weighted by molar-refractivity contribution is 0.244. The number of hydrogen-bond acceptors (Lipinski definition) is 4. The third-order valence-electron chi connectivity index (χ3n) is 5.86. The first kappa shape index (κ1) is 21.7. The van der Waals surface area contributed by atoms with Crippen LogP contribution in [-0.2, 0) is 19.5 Å². The van der Waals surface area contributed by atoms with Crippen molar-refractivity contribution in [2.75, 3.05) is 33.1 Å². The van der Waals surface area contributed by atoms with Crippen molar-refractivity contribution in [3.05, 3.63) is 77.4 Å². The largest absolute Gasteiger partial charge is 0.493 e. The number of nitrogens with zero attached hydrogens (tertiary/aromatic N) is 1. The van der Waals surface area contributed by atoms with Gasteiger partial charge in [0.2, 0.25) is 0 Å². The van der Waals surface area contributed by atoms with Crippen LogP contribution in [0.1, 0.15) is 16.7 Å². The van der Waals surface area contributed by atoms with Gasteiger partial charge in [-0.1, -0.05) is 36.4 Å². The summed E-state index contributed by atoms with van der Waals surface area (Å²) in [4.78, 5) is 13.9. The van der Waals surface area contributed by atoms with Gasteiger partial charge in [-0.15, -0.1) is 0 Å². The Kier molecular flexibility index (Phi) is 6.61. The van der Waals surface area contributed by atoms with E-state index in [0.29, 0.717) is 0 Å². The Hall–Kier alpha value is -3.51. The second-order valence-electron chi connectivity index (χ2n) is 7.91. The number of rotatable bonds is 6. The van der Waals surface area contributed by atoms with E-state index in [1.807, 2.05) is 24.3 Å². The Morgan fingerprint density at radius 2 is 1.50 bits per heavy atom.